The van der Waals surface area contributed by atoms with E-state index < -0.39 is 97.1 Å². The summed E-state index contributed by atoms with van der Waals surface area (Å²) < 4.78 is 5.15. The Morgan fingerprint density at radius 2 is 1.02 bits per heavy atom. The van der Waals surface area contributed by atoms with E-state index in [9.17, 15) is 48.6 Å². The average molecular weight is 647 g/mol. The quantitative estimate of drug-likeness (QED) is 0.0720. The molecular weight excluding hydrogens is 600 g/mol. The minimum absolute atomic E-state index is 0.00375. The lowest BCUT2D eigenvalue weighted by Crippen LogP contribution is -2.52. The molecule has 0 aromatic carbocycles. The molecule has 45 heavy (non-hydrogen) atoms. The highest BCUT2D eigenvalue weighted by Gasteiger charge is 2.28. The summed E-state index contributed by atoms with van der Waals surface area (Å²) in [6, 6.07) is -4.49. The van der Waals surface area contributed by atoms with Crippen LogP contribution in [-0.2, 0) is 38.3 Å². The van der Waals surface area contributed by atoms with E-state index in [1.165, 1.54) is 0 Å². The fourth-order valence-electron chi connectivity index (χ4n) is 3.85. The summed E-state index contributed by atoms with van der Waals surface area (Å²) in [5.74, 6) is -7.91. The van der Waals surface area contributed by atoms with Crippen LogP contribution in [0.4, 0.5) is 4.79 Å². The van der Waals surface area contributed by atoms with Gasteiger partial charge in [0.25, 0.3) is 0 Å². The summed E-state index contributed by atoms with van der Waals surface area (Å²) in [4.78, 5) is 94.0. The number of ether oxygens (including phenoxy) is 1. The lowest BCUT2D eigenvalue weighted by atomic mass is 10.1. The Hall–Kier alpha value is -4.44. The topological polar surface area (TPSA) is 275 Å². The molecule has 17 heteroatoms. The molecule has 0 rings (SSSR count). The number of carbonyl (C=O) groups excluding carboxylic acids is 4. The molecule has 0 spiro atoms. The van der Waals surface area contributed by atoms with E-state index in [1.807, 2.05) is 0 Å². The molecule has 0 fully saturated rings. The maximum absolute atomic E-state index is 12.9. The minimum atomic E-state index is -1.58. The van der Waals surface area contributed by atoms with Gasteiger partial charge in [-0.3, -0.25) is 24.0 Å². The smallest absolute Gasteiger partial charge is 0.407 e. The Bertz CT molecular complexity index is 1040. The van der Waals surface area contributed by atoms with Gasteiger partial charge in [-0.25, -0.2) is 14.4 Å². The third-order valence-corrected chi connectivity index (χ3v) is 6.10. The first-order valence-corrected chi connectivity index (χ1v) is 14.7. The molecular formula is C28H46N4O13. The van der Waals surface area contributed by atoms with Crippen LogP contribution in [0.5, 0.6) is 0 Å². The van der Waals surface area contributed by atoms with Gasteiger partial charge < -0.3 is 46.4 Å². The van der Waals surface area contributed by atoms with Crippen LogP contribution < -0.4 is 21.3 Å². The van der Waals surface area contributed by atoms with Crippen molar-refractivity contribution in [3.05, 3.63) is 0 Å². The van der Waals surface area contributed by atoms with E-state index >= 15 is 0 Å². The first-order chi connectivity index (χ1) is 20.9. The van der Waals surface area contributed by atoms with Gasteiger partial charge >= 0.3 is 30.0 Å². The number of alkyl carbamates (subject to hydrolysis) is 1. The van der Waals surface area contributed by atoms with Crippen molar-refractivity contribution < 1.29 is 63.5 Å². The third kappa shape index (κ3) is 21.8. The van der Waals surface area contributed by atoms with E-state index in [0.29, 0.717) is 25.8 Å². The Labute approximate surface area is 260 Å². The number of hydrogen-bond acceptors (Lipinski definition) is 9. The van der Waals surface area contributed by atoms with Crippen LogP contribution in [0.1, 0.15) is 97.8 Å². The summed E-state index contributed by atoms with van der Waals surface area (Å²) >= 11 is 0. The predicted octanol–water partition coefficient (Wildman–Crippen LogP) is 0.985. The number of aliphatic carboxylic acids is 4. The summed E-state index contributed by atoms with van der Waals surface area (Å²) in [6.45, 7) is 5.70. The van der Waals surface area contributed by atoms with Crippen LogP contribution in [0.25, 0.3) is 0 Å². The Kier molecular flexibility index (Phi) is 19.2. The van der Waals surface area contributed by atoms with Crippen molar-refractivity contribution >= 4 is 47.7 Å². The standard InChI is InChI=1S/C28H46N4O13/c1-28(2,3)45-27(44)29-16-8-6-4-5-7-9-20(33)30-17(24(39)32-19(26(42)43)12-15-23(37)38)10-13-21(34)31-18(25(40)41)11-14-22(35)36/h17-19H,4-16H2,1-3H3,(H,29,44)(H,30,33)(H,31,34)(H,32,39)(H,35,36)(H,37,38)(H,40,41)(H,42,43). The zero-order valence-electron chi connectivity index (χ0n) is 25.9. The number of rotatable bonds is 23. The molecule has 0 aliphatic heterocycles. The van der Waals surface area contributed by atoms with E-state index in [2.05, 4.69) is 21.3 Å². The first-order valence-electron chi connectivity index (χ1n) is 14.7. The number of carbonyl (C=O) groups is 8. The molecule has 0 aromatic heterocycles. The molecule has 256 valence electrons. The lowest BCUT2D eigenvalue weighted by Gasteiger charge is -2.22. The highest BCUT2D eigenvalue weighted by atomic mass is 16.6. The largest absolute Gasteiger partial charge is 0.481 e. The molecule has 0 radical (unpaired) electrons. The molecule has 8 N–H and O–H groups in total. The van der Waals surface area contributed by atoms with Crippen LogP contribution in [-0.4, -0.2) is 98.4 Å². The number of amides is 4. The van der Waals surface area contributed by atoms with Crippen molar-refractivity contribution in [3.63, 3.8) is 0 Å². The second kappa shape index (κ2) is 21.3. The highest BCUT2D eigenvalue weighted by molar-refractivity contribution is 5.91. The molecule has 0 saturated carbocycles. The number of unbranched alkanes of at least 4 members (excludes halogenated alkanes) is 4. The minimum Gasteiger partial charge on any atom is -0.481 e. The number of carboxylic acids is 4. The van der Waals surface area contributed by atoms with Crippen molar-refractivity contribution in [1.29, 1.82) is 0 Å². The molecule has 17 nitrogen and oxygen atoms in total. The van der Waals surface area contributed by atoms with Crippen molar-refractivity contribution in [1.82, 2.24) is 21.3 Å². The molecule has 0 heterocycles. The van der Waals surface area contributed by atoms with Crippen molar-refractivity contribution in [2.75, 3.05) is 6.54 Å². The average Bonchev–Trinajstić information content (AvgIpc) is 2.90. The van der Waals surface area contributed by atoms with E-state index in [0.717, 1.165) is 12.8 Å². The Morgan fingerprint density at radius 3 is 1.53 bits per heavy atom. The van der Waals surface area contributed by atoms with Gasteiger partial charge in [0.15, 0.2) is 0 Å². The molecule has 0 aliphatic rings. The summed E-state index contributed by atoms with van der Waals surface area (Å²) in [6.07, 6.45) is 0.0904. The van der Waals surface area contributed by atoms with Crippen LogP contribution in [0.15, 0.2) is 0 Å². The van der Waals surface area contributed by atoms with Crippen molar-refractivity contribution in [3.8, 4) is 0 Å². The van der Waals surface area contributed by atoms with Crippen molar-refractivity contribution in [2.24, 2.45) is 0 Å². The molecule has 4 amide bonds. The molecule has 0 saturated heterocycles. The molecule has 0 bridgehead atoms. The van der Waals surface area contributed by atoms with E-state index in [-0.39, 0.29) is 19.3 Å². The first kappa shape index (κ1) is 40.6. The van der Waals surface area contributed by atoms with Gasteiger partial charge in [0.2, 0.25) is 17.7 Å². The summed E-state index contributed by atoms with van der Waals surface area (Å²) in [5, 5.41) is 45.6. The maximum Gasteiger partial charge on any atom is 0.407 e. The number of carboxylic acid groups (broad SMARTS) is 4. The third-order valence-electron chi connectivity index (χ3n) is 6.10. The predicted molar refractivity (Wildman–Crippen MR) is 156 cm³/mol. The summed E-state index contributed by atoms with van der Waals surface area (Å²) in [7, 11) is 0. The van der Waals surface area contributed by atoms with Crippen LogP contribution in [0.3, 0.4) is 0 Å². The van der Waals surface area contributed by atoms with E-state index in [1.54, 1.807) is 20.8 Å². The zero-order valence-corrected chi connectivity index (χ0v) is 25.9. The Balaban J connectivity index is 5.03. The van der Waals surface area contributed by atoms with Crippen LogP contribution in [0, 0.1) is 0 Å². The van der Waals surface area contributed by atoms with Crippen LogP contribution >= 0.6 is 0 Å². The van der Waals surface area contributed by atoms with Gasteiger partial charge in [0.1, 0.15) is 23.7 Å². The van der Waals surface area contributed by atoms with Gasteiger partial charge in [-0.15, -0.1) is 0 Å². The fraction of sp³-hybridized carbons (Fsp3) is 0.714. The molecule has 3 atom stereocenters. The monoisotopic (exact) mass is 646 g/mol. The zero-order chi connectivity index (χ0) is 34.6. The SMILES string of the molecule is CC(C)(C)OC(=O)NCCCCCCCC(=O)NC(CCC(=O)NC(CCC(=O)O)C(=O)O)C(=O)NC(CCC(=O)O)C(=O)O. The van der Waals surface area contributed by atoms with Crippen molar-refractivity contribution in [2.45, 2.75) is 122 Å². The highest BCUT2D eigenvalue weighted by Crippen LogP contribution is 2.09. The van der Waals surface area contributed by atoms with Gasteiger partial charge in [0, 0.05) is 32.2 Å². The van der Waals surface area contributed by atoms with Gasteiger partial charge in [0.05, 0.1) is 0 Å². The molecule has 0 aliphatic carbocycles. The molecule has 0 aromatic rings. The fourth-order valence-corrected chi connectivity index (χ4v) is 3.85. The lowest BCUT2D eigenvalue weighted by molar-refractivity contribution is -0.144. The van der Waals surface area contributed by atoms with Gasteiger partial charge in [-0.2, -0.15) is 0 Å². The normalized spacial score (nSPS) is 13.0. The number of nitrogens with one attached hydrogen (secondary N) is 4. The summed E-state index contributed by atoms with van der Waals surface area (Å²) in [5.41, 5.74) is -0.595. The van der Waals surface area contributed by atoms with Gasteiger partial charge in [-0.05, 0) is 52.9 Å². The second-order valence-electron chi connectivity index (χ2n) is 11.3. The van der Waals surface area contributed by atoms with Crippen LogP contribution in [0.2, 0.25) is 0 Å². The molecule has 3 unspecified atom stereocenters. The second-order valence-corrected chi connectivity index (χ2v) is 11.3. The van der Waals surface area contributed by atoms with Gasteiger partial charge in [-0.1, -0.05) is 19.3 Å². The Morgan fingerprint density at radius 1 is 0.578 bits per heavy atom. The van der Waals surface area contributed by atoms with E-state index in [4.69, 9.17) is 14.9 Å². The number of hydrogen-bond donors (Lipinski definition) is 8. The maximum atomic E-state index is 12.9.